The summed E-state index contributed by atoms with van der Waals surface area (Å²) in [4.78, 5) is 1.56. The predicted octanol–water partition coefficient (Wildman–Crippen LogP) is 1.25. The quantitative estimate of drug-likeness (QED) is 0.460. The van der Waals surface area contributed by atoms with E-state index in [2.05, 4.69) is 0 Å². The van der Waals surface area contributed by atoms with E-state index in [0.717, 1.165) is 6.42 Å². The standard InChI is InChI=1S/C9H15F2N3/c10-9(11)3-1-2-6-4-14(8(12)13)5-7(6)9/h6-7H,1-5H2,(H3,12,13)/t6-,7-/m1/s1. The third-order valence-corrected chi connectivity index (χ3v) is 3.41. The van der Waals surface area contributed by atoms with Crippen LogP contribution in [0.3, 0.4) is 0 Å². The number of hydrogen-bond donors (Lipinski definition) is 2. The minimum Gasteiger partial charge on any atom is -0.370 e. The number of halogens is 2. The number of nitrogens with two attached hydrogens (primary N) is 1. The minimum absolute atomic E-state index is 0.0000879. The molecule has 5 heteroatoms. The lowest BCUT2D eigenvalue weighted by Gasteiger charge is -2.32. The predicted molar refractivity (Wildman–Crippen MR) is 49.3 cm³/mol. The monoisotopic (exact) mass is 203 g/mol. The number of hydrogen-bond acceptors (Lipinski definition) is 1. The molecule has 2 rings (SSSR count). The number of rotatable bonds is 0. The highest BCUT2D eigenvalue weighted by Gasteiger charge is 2.51. The molecule has 14 heavy (non-hydrogen) atoms. The molecule has 0 unspecified atom stereocenters. The van der Waals surface area contributed by atoms with E-state index in [1.54, 1.807) is 4.90 Å². The number of likely N-dealkylation sites (tertiary alicyclic amines) is 1. The Morgan fingerprint density at radius 3 is 2.71 bits per heavy atom. The second-order valence-corrected chi connectivity index (χ2v) is 4.31. The Morgan fingerprint density at radius 1 is 1.43 bits per heavy atom. The van der Waals surface area contributed by atoms with Gasteiger partial charge in [0.25, 0.3) is 5.92 Å². The van der Waals surface area contributed by atoms with E-state index < -0.39 is 11.8 Å². The molecule has 3 N–H and O–H groups in total. The van der Waals surface area contributed by atoms with Gasteiger partial charge < -0.3 is 10.6 Å². The Morgan fingerprint density at radius 2 is 2.14 bits per heavy atom. The van der Waals surface area contributed by atoms with Gasteiger partial charge >= 0.3 is 0 Å². The van der Waals surface area contributed by atoms with Gasteiger partial charge in [-0.15, -0.1) is 0 Å². The number of alkyl halides is 2. The molecule has 1 aliphatic carbocycles. The maximum Gasteiger partial charge on any atom is 0.252 e. The molecule has 2 atom stereocenters. The third kappa shape index (κ3) is 1.44. The zero-order valence-electron chi connectivity index (χ0n) is 7.97. The van der Waals surface area contributed by atoms with Crippen LogP contribution in [-0.4, -0.2) is 29.9 Å². The number of nitrogens with zero attached hydrogens (tertiary/aromatic N) is 1. The summed E-state index contributed by atoms with van der Waals surface area (Å²) in [5.74, 6) is -3.18. The molecule has 2 aliphatic rings. The summed E-state index contributed by atoms with van der Waals surface area (Å²) in [5.41, 5.74) is 5.30. The van der Waals surface area contributed by atoms with Crippen molar-refractivity contribution in [3.63, 3.8) is 0 Å². The zero-order chi connectivity index (χ0) is 10.3. The Kier molecular flexibility index (Phi) is 2.12. The number of fused-ring (bicyclic) bond motifs is 1. The van der Waals surface area contributed by atoms with E-state index in [1.807, 2.05) is 0 Å². The SMILES string of the molecule is N=C(N)N1C[C@H]2CCCC(F)(F)[C@@H]2C1. The Bertz CT molecular complexity index is 254. The highest BCUT2D eigenvalue weighted by molar-refractivity contribution is 5.74. The molecule has 0 amide bonds. The van der Waals surface area contributed by atoms with Gasteiger partial charge in [0, 0.05) is 25.4 Å². The van der Waals surface area contributed by atoms with Gasteiger partial charge in [-0.3, -0.25) is 5.41 Å². The summed E-state index contributed by atoms with van der Waals surface area (Å²) in [5, 5.41) is 7.23. The largest absolute Gasteiger partial charge is 0.370 e. The van der Waals surface area contributed by atoms with E-state index in [1.165, 1.54) is 0 Å². The van der Waals surface area contributed by atoms with Gasteiger partial charge in [-0.1, -0.05) is 0 Å². The van der Waals surface area contributed by atoms with Gasteiger partial charge in [0.1, 0.15) is 0 Å². The van der Waals surface area contributed by atoms with Gasteiger partial charge in [-0.2, -0.15) is 0 Å². The van der Waals surface area contributed by atoms with Crippen molar-refractivity contribution in [3.05, 3.63) is 0 Å². The minimum atomic E-state index is -2.55. The number of guanidine groups is 1. The van der Waals surface area contributed by atoms with Crippen LogP contribution in [0, 0.1) is 17.2 Å². The lowest BCUT2D eigenvalue weighted by molar-refractivity contribution is -0.0940. The van der Waals surface area contributed by atoms with Gasteiger partial charge in [0.2, 0.25) is 0 Å². The van der Waals surface area contributed by atoms with Crippen LogP contribution < -0.4 is 5.73 Å². The molecule has 3 nitrogen and oxygen atoms in total. The third-order valence-electron chi connectivity index (χ3n) is 3.41. The van der Waals surface area contributed by atoms with Crippen LogP contribution in [0.4, 0.5) is 8.78 Å². The second-order valence-electron chi connectivity index (χ2n) is 4.31. The van der Waals surface area contributed by atoms with Crippen LogP contribution in [0.15, 0.2) is 0 Å². The number of nitrogens with one attached hydrogen (secondary N) is 1. The Balaban J connectivity index is 2.12. The van der Waals surface area contributed by atoms with Crippen LogP contribution in [0.1, 0.15) is 19.3 Å². The van der Waals surface area contributed by atoms with Crippen LogP contribution in [-0.2, 0) is 0 Å². The van der Waals surface area contributed by atoms with Crippen molar-refractivity contribution in [3.8, 4) is 0 Å². The van der Waals surface area contributed by atoms with Crippen LogP contribution >= 0.6 is 0 Å². The fourth-order valence-corrected chi connectivity index (χ4v) is 2.62. The first-order valence-corrected chi connectivity index (χ1v) is 4.97. The fourth-order valence-electron chi connectivity index (χ4n) is 2.62. The fraction of sp³-hybridized carbons (Fsp3) is 0.889. The van der Waals surface area contributed by atoms with Gasteiger partial charge in [-0.25, -0.2) is 8.78 Å². The zero-order valence-corrected chi connectivity index (χ0v) is 7.97. The summed E-state index contributed by atoms with van der Waals surface area (Å²) in [7, 11) is 0. The molecule has 1 heterocycles. The topological polar surface area (TPSA) is 53.1 Å². The molecule has 0 radical (unpaired) electrons. The molecular weight excluding hydrogens is 188 g/mol. The van der Waals surface area contributed by atoms with Gasteiger partial charge in [0.15, 0.2) is 5.96 Å². The first-order chi connectivity index (χ1) is 6.50. The molecule has 0 spiro atoms. The molecule has 80 valence electrons. The van der Waals surface area contributed by atoms with Crippen LogP contribution in [0.25, 0.3) is 0 Å². The molecule has 1 saturated carbocycles. The summed E-state index contributed by atoms with van der Waals surface area (Å²) >= 11 is 0. The summed E-state index contributed by atoms with van der Waals surface area (Å²) in [6, 6.07) is 0. The van der Waals surface area contributed by atoms with E-state index in [-0.39, 0.29) is 24.8 Å². The average molecular weight is 203 g/mol. The molecular formula is C9H15F2N3. The van der Waals surface area contributed by atoms with Gasteiger partial charge in [0.05, 0.1) is 0 Å². The lowest BCUT2D eigenvalue weighted by Crippen LogP contribution is -2.38. The summed E-state index contributed by atoms with van der Waals surface area (Å²) in [6.07, 6.45) is 1.45. The van der Waals surface area contributed by atoms with E-state index in [0.29, 0.717) is 13.0 Å². The molecule has 0 aromatic carbocycles. The van der Waals surface area contributed by atoms with E-state index in [4.69, 9.17) is 11.1 Å². The molecule has 0 bridgehead atoms. The van der Waals surface area contributed by atoms with Crippen molar-refractivity contribution in [2.24, 2.45) is 17.6 Å². The van der Waals surface area contributed by atoms with Crippen molar-refractivity contribution in [1.29, 1.82) is 5.41 Å². The Hall–Kier alpha value is -0.870. The first-order valence-electron chi connectivity index (χ1n) is 4.97. The van der Waals surface area contributed by atoms with Crippen molar-refractivity contribution in [2.75, 3.05) is 13.1 Å². The average Bonchev–Trinajstić information content (AvgIpc) is 2.48. The lowest BCUT2D eigenvalue weighted by atomic mass is 9.79. The van der Waals surface area contributed by atoms with Crippen molar-refractivity contribution >= 4 is 5.96 Å². The van der Waals surface area contributed by atoms with Crippen molar-refractivity contribution < 1.29 is 8.78 Å². The molecule has 0 aromatic rings. The molecule has 1 saturated heterocycles. The second kappa shape index (κ2) is 3.07. The molecule has 2 fully saturated rings. The summed E-state index contributed by atoms with van der Waals surface area (Å²) < 4.78 is 26.9. The molecule has 0 aromatic heterocycles. The van der Waals surface area contributed by atoms with Crippen LogP contribution in [0.5, 0.6) is 0 Å². The first kappa shape index (κ1) is 9.68. The van der Waals surface area contributed by atoms with E-state index in [9.17, 15) is 8.78 Å². The molecule has 1 aliphatic heterocycles. The normalized spacial score (nSPS) is 35.4. The van der Waals surface area contributed by atoms with Crippen molar-refractivity contribution in [1.82, 2.24) is 4.90 Å². The van der Waals surface area contributed by atoms with E-state index >= 15 is 0 Å². The summed E-state index contributed by atoms with van der Waals surface area (Å²) in [6.45, 7) is 0.794. The van der Waals surface area contributed by atoms with Crippen molar-refractivity contribution in [2.45, 2.75) is 25.2 Å². The smallest absolute Gasteiger partial charge is 0.252 e. The maximum atomic E-state index is 13.5. The maximum absolute atomic E-state index is 13.5. The van der Waals surface area contributed by atoms with Crippen LogP contribution in [0.2, 0.25) is 0 Å². The highest BCUT2D eigenvalue weighted by atomic mass is 19.3. The highest BCUT2D eigenvalue weighted by Crippen LogP contribution is 2.45. The van der Waals surface area contributed by atoms with Gasteiger partial charge in [-0.05, 0) is 18.8 Å². The Labute approximate surface area is 81.8 Å².